The van der Waals surface area contributed by atoms with Crippen LogP contribution in [0.1, 0.15) is 173 Å². The SMILES string of the molecule is CC(C)C1CC(C2c3ccc(C45CC6CC(CC(C6)C4)C5)cc3-c3cc(C45CC6CC(CC(C6)C4)C5)ccc32)(C(C)(C)C)C2=C1CC(C(C)(C)C)=C2. The van der Waals surface area contributed by atoms with Crippen LogP contribution < -0.4 is 0 Å². The van der Waals surface area contributed by atoms with Crippen LogP contribution >= 0.6 is 0 Å². The predicted molar refractivity (Wildman–Crippen MR) is 217 cm³/mol. The summed E-state index contributed by atoms with van der Waals surface area (Å²) in [4.78, 5) is 0. The molecule has 0 nitrogen and oxygen atoms in total. The third kappa shape index (κ3) is 4.45. The van der Waals surface area contributed by atoms with Crippen molar-refractivity contribution < 1.29 is 0 Å². The minimum Gasteiger partial charge on any atom is -0.0622 e. The Morgan fingerprint density at radius 2 is 1.00 bits per heavy atom. The molecule has 2 aromatic rings. The van der Waals surface area contributed by atoms with Gasteiger partial charge in [-0.25, -0.2) is 0 Å². The Morgan fingerprint density at radius 3 is 1.37 bits per heavy atom. The molecule has 2 unspecified atom stereocenters. The van der Waals surface area contributed by atoms with Crippen molar-refractivity contribution in [3.63, 3.8) is 0 Å². The minimum atomic E-state index is 0.0781. The normalized spacial score (nSPS) is 42.4. The van der Waals surface area contributed by atoms with Crippen LogP contribution in [0.25, 0.3) is 11.1 Å². The Labute approximate surface area is 317 Å². The molecule has 52 heavy (non-hydrogen) atoms. The monoisotopic (exact) mass is 693 g/mol. The van der Waals surface area contributed by atoms with E-state index in [0.717, 1.165) is 35.5 Å². The molecular formula is C52H68. The lowest BCUT2D eigenvalue weighted by molar-refractivity contribution is -0.00534. The Bertz CT molecular complexity index is 1740. The van der Waals surface area contributed by atoms with Gasteiger partial charge in [0, 0.05) is 11.3 Å². The van der Waals surface area contributed by atoms with Crippen molar-refractivity contribution >= 4 is 0 Å². The van der Waals surface area contributed by atoms with Crippen LogP contribution in [0.2, 0.25) is 0 Å². The Morgan fingerprint density at radius 1 is 0.577 bits per heavy atom. The first-order valence-corrected chi connectivity index (χ1v) is 22.4. The maximum absolute atomic E-state index is 2.84. The fourth-order valence-corrected chi connectivity index (χ4v) is 16.8. The number of allylic oxidation sites excluding steroid dienone is 4. The largest absolute Gasteiger partial charge is 0.0622 e. The van der Waals surface area contributed by atoms with Crippen molar-refractivity contribution in [2.45, 2.75) is 162 Å². The summed E-state index contributed by atoms with van der Waals surface area (Å²) < 4.78 is 0. The minimum absolute atomic E-state index is 0.0781. The van der Waals surface area contributed by atoms with Crippen LogP contribution in [0.5, 0.6) is 0 Å². The van der Waals surface area contributed by atoms with Crippen molar-refractivity contribution in [1.29, 1.82) is 0 Å². The van der Waals surface area contributed by atoms with Gasteiger partial charge in [0.25, 0.3) is 0 Å². The first-order valence-electron chi connectivity index (χ1n) is 22.4. The summed E-state index contributed by atoms with van der Waals surface area (Å²) in [6.45, 7) is 20.3. The number of hydrogen-bond acceptors (Lipinski definition) is 0. The molecule has 13 rings (SSSR count). The lowest BCUT2D eigenvalue weighted by atomic mass is 9.48. The zero-order valence-corrected chi connectivity index (χ0v) is 34.1. The van der Waals surface area contributed by atoms with Gasteiger partial charge in [-0.15, -0.1) is 0 Å². The topological polar surface area (TPSA) is 0 Å². The average molecular weight is 693 g/mol. The molecule has 2 atom stereocenters. The second-order valence-electron chi connectivity index (χ2n) is 23.7. The lowest BCUT2D eigenvalue weighted by Crippen LogP contribution is -2.48. The molecule has 0 aromatic heterocycles. The maximum atomic E-state index is 2.84. The highest BCUT2D eigenvalue weighted by Gasteiger charge is 2.61. The maximum Gasteiger partial charge on any atom is 0.0204 e. The van der Waals surface area contributed by atoms with Gasteiger partial charge >= 0.3 is 0 Å². The number of hydrogen-bond donors (Lipinski definition) is 0. The number of benzene rings is 2. The molecule has 0 amide bonds. The van der Waals surface area contributed by atoms with Crippen LogP contribution in [0, 0.1) is 63.6 Å². The van der Waals surface area contributed by atoms with Crippen molar-refractivity contribution in [2.75, 3.05) is 0 Å². The molecule has 0 heteroatoms. The van der Waals surface area contributed by atoms with Crippen LogP contribution in [-0.2, 0) is 10.8 Å². The summed E-state index contributed by atoms with van der Waals surface area (Å²) in [6.07, 6.45) is 23.2. The van der Waals surface area contributed by atoms with Crippen LogP contribution in [0.3, 0.4) is 0 Å². The molecule has 8 saturated carbocycles. The molecule has 2 aromatic carbocycles. The summed E-state index contributed by atoms with van der Waals surface area (Å²) in [6, 6.07) is 16.6. The van der Waals surface area contributed by atoms with E-state index in [0.29, 0.717) is 28.6 Å². The molecule has 0 saturated heterocycles. The van der Waals surface area contributed by atoms with Gasteiger partial charge in [-0.1, -0.05) is 109 Å². The molecule has 276 valence electrons. The molecule has 8 fully saturated rings. The zero-order valence-electron chi connectivity index (χ0n) is 34.1. The molecule has 8 bridgehead atoms. The fraction of sp³-hybridized carbons (Fsp3) is 0.692. The van der Waals surface area contributed by atoms with E-state index in [-0.39, 0.29) is 16.2 Å². The highest BCUT2D eigenvalue weighted by Crippen LogP contribution is 2.72. The van der Waals surface area contributed by atoms with E-state index >= 15 is 0 Å². The third-order valence-electron chi connectivity index (χ3n) is 18.4. The fourth-order valence-electron chi connectivity index (χ4n) is 16.8. The Kier molecular flexibility index (Phi) is 6.79. The van der Waals surface area contributed by atoms with E-state index in [1.165, 1.54) is 89.9 Å². The second kappa shape index (κ2) is 10.6. The first-order chi connectivity index (χ1) is 24.6. The molecule has 0 N–H and O–H groups in total. The smallest absolute Gasteiger partial charge is 0.0204 e. The summed E-state index contributed by atoms with van der Waals surface area (Å²) in [5, 5.41) is 0. The highest BCUT2D eigenvalue weighted by molar-refractivity contribution is 5.82. The third-order valence-corrected chi connectivity index (χ3v) is 18.4. The van der Waals surface area contributed by atoms with Crippen LogP contribution in [0.4, 0.5) is 0 Å². The van der Waals surface area contributed by atoms with Crippen LogP contribution in [0.15, 0.2) is 59.2 Å². The van der Waals surface area contributed by atoms with E-state index in [9.17, 15) is 0 Å². The standard InChI is InChI=1S/C52H68/c1-30(2)45-29-52(49(6,7)8,46-22-39(21-44(45)46)48(3,4)5)47-40-11-9-37(50-23-31-13-32(24-50)15-33(14-31)25-50)19-42(40)43-20-38(10-12-41(43)47)51-26-34-16-35(27-51)18-36(17-34)28-51/h9-12,19-20,22,30-36,45,47H,13-18,21,23-29H2,1-8H3. The summed E-state index contributed by atoms with van der Waals surface area (Å²) in [5.41, 5.74) is 16.6. The van der Waals surface area contributed by atoms with E-state index in [2.05, 4.69) is 97.9 Å². The molecule has 0 radical (unpaired) electrons. The lowest BCUT2D eigenvalue weighted by Gasteiger charge is -2.57. The van der Waals surface area contributed by atoms with E-state index < -0.39 is 0 Å². The highest BCUT2D eigenvalue weighted by atomic mass is 14.6. The van der Waals surface area contributed by atoms with Gasteiger partial charge in [0.1, 0.15) is 0 Å². The molecule has 0 spiro atoms. The molecule has 11 aliphatic rings. The predicted octanol–water partition coefficient (Wildman–Crippen LogP) is 14.1. The van der Waals surface area contributed by atoms with E-state index in [1.54, 1.807) is 50.1 Å². The summed E-state index contributed by atoms with van der Waals surface area (Å²) in [7, 11) is 0. The van der Waals surface area contributed by atoms with Crippen molar-refractivity contribution in [3.8, 4) is 11.1 Å². The summed E-state index contributed by atoms with van der Waals surface area (Å²) in [5.74, 6) is 7.63. The zero-order chi connectivity index (χ0) is 35.7. The van der Waals surface area contributed by atoms with E-state index in [1.807, 2.05) is 0 Å². The van der Waals surface area contributed by atoms with Gasteiger partial charge < -0.3 is 0 Å². The number of rotatable bonds is 4. The van der Waals surface area contributed by atoms with Gasteiger partial charge in [-0.2, -0.15) is 0 Å². The van der Waals surface area contributed by atoms with Gasteiger partial charge in [-0.3, -0.25) is 0 Å². The molecule has 0 heterocycles. The van der Waals surface area contributed by atoms with Gasteiger partial charge in [-0.05, 0) is 198 Å². The second-order valence-corrected chi connectivity index (χ2v) is 23.7. The molecule has 11 aliphatic carbocycles. The van der Waals surface area contributed by atoms with E-state index in [4.69, 9.17) is 0 Å². The molecular weight excluding hydrogens is 625 g/mol. The van der Waals surface area contributed by atoms with Crippen molar-refractivity contribution in [2.24, 2.45) is 63.6 Å². The number of fused-ring (bicyclic) bond motifs is 3. The van der Waals surface area contributed by atoms with Gasteiger partial charge in [0.15, 0.2) is 0 Å². The van der Waals surface area contributed by atoms with Gasteiger partial charge in [0.2, 0.25) is 0 Å². The van der Waals surface area contributed by atoms with Crippen molar-refractivity contribution in [1.82, 2.24) is 0 Å². The average Bonchev–Trinajstić information content (AvgIpc) is 3.73. The Hall–Kier alpha value is -2.08. The van der Waals surface area contributed by atoms with Crippen LogP contribution in [-0.4, -0.2) is 0 Å². The van der Waals surface area contributed by atoms with Crippen molar-refractivity contribution in [3.05, 3.63) is 81.4 Å². The first kappa shape index (κ1) is 33.3. The Balaban J connectivity index is 1.12. The molecule has 0 aliphatic heterocycles. The quantitative estimate of drug-likeness (QED) is 0.299. The van der Waals surface area contributed by atoms with Gasteiger partial charge in [0.05, 0.1) is 0 Å². The summed E-state index contributed by atoms with van der Waals surface area (Å²) >= 11 is 0.